The van der Waals surface area contributed by atoms with E-state index in [0.29, 0.717) is 12.8 Å². The average molecular weight is 577 g/mol. The summed E-state index contributed by atoms with van der Waals surface area (Å²) in [6.45, 7) is 5.96. The zero-order valence-electron chi connectivity index (χ0n) is 26.4. The van der Waals surface area contributed by atoms with Crippen LogP contribution in [0, 0.1) is 0 Å². The molecule has 0 fully saturated rings. The highest BCUT2D eigenvalue weighted by Crippen LogP contribution is 2.49. The quantitative estimate of drug-likeness (QED) is 0.0434. The van der Waals surface area contributed by atoms with Gasteiger partial charge in [0.25, 0.3) is 0 Å². The molecule has 1 N–H and O–H groups in total. The second-order valence-electron chi connectivity index (χ2n) is 12.3. The van der Waals surface area contributed by atoms with Crippen LogP contribution >= 0.6 is 7.82 Å². The molecule has 0 amide bonds. The van der Waals surface area contributed by atoms with E-state index in [2.05, 4.69) is 13.8 Å². The maximum Gasteiger partial charge on any atom is 0.473 e. The lowest BCUT2D eigenvalue weighted by Crippen LogP contribution is -2.59. The van der Waals surface area contributed by atoms with Gasteiger partial charge in [-0.1, -0.05) is 117 Å². The summed E-state index contributed by atoms with van der Waals surface area (Å²) in [4.78, 5) is 37.8. The zero-order valence-corrected chi connectivity index (χ0v) is 27.3. The van der Waals surface area contributed by atoms with Gasteiger partial charge in [0.15, 0.2) is 11.6 Å². The van der Waals surface area contributed by atoms with Gasteiger partial charge < -0.3 is 9.38 Å². The van der Waals surface area contributed by atoms with Crippen molar-refractivity contribution in [3.05, 3.63) is 0 Å². The van der Waals surface area contributed by atoms with Crippen molar-refractivity contribution in [1.29, 1.82) is 0 Å². The molecule has 0 aliphatic heterocycles. The highest BCUT2D eigenvalue weighted by atomic mass is 31.2. The molecule has 0 saturated heterocycles. The van der Waals surface area contributed by atoms with Crippen molar-refractivity contribution in [2.24, 2.45) is 0 Å². The van der Waals surface area contributed by atoms with Crippen LogP contribution in [0.1, 0.15) is 149 Å². The molecule has 1 atom stereocenters. The van der Waals surface area contributed by atoms with Crippen molar-refractivity contribution in [1.82, 2.24) is 0 Å². The number of hydrogen-bond donors (Lipinski definition) is 1. The van der Waals surface area contributed by atoms with Crippen molar-refractivity contribution >= 4 is 19.4 Å². The lowest BCUT2D eigenvalue weighted by molar-refractivity contribution is -0.874. The molecule has 8 heteroatoms. The van der Waals surface area contributed by atoms with Gasteiger partial charge in [-0.25, -0.2) is 4.57 Å². The molecule has 0 bridgehead atoms. The van der Waals surface area contributed by atoms with Gasteiger partial charge in [0, 0.05) is 12.8 Å². The van der Waals surface area contributed by atoms with E-state index >= 15 is 0 Å². The Labute approximate surface area is 241 Å². The van der Waals surface area contributed by atoms with Gasteiger partial charge in [-0.3, -0.25) is 18.6 Å². The van der Waals surface area contributed by atoms with Gasteiger partial charge in [0.05, 0.1) is 27.7 Å². The third-order valence-corrected chi connectivity index (χ3v) is 8.30. The van der Waals surface area contributed by atoms with Gasteiger partial charge in [-0.05, 0) is 19.8 Å². The number of quaternary nitrogens is 1. The summed E-state index contributed by atoms with van der Waals surface area (Å²) < 4.78 is 23.6. The standard InChI is InChI=1S/C31H62NO6P/c1-7-10-12-14-16-18-20-22-24-26-29(33)31(28-32(4,5)6,38-39(35,36)37-9-3)30(34)27-25-23-21-19-17-15-13-11-8-2/h7-28H2,1-6H3/p+1. The minimum atomic E-state index is -4.59. The lowest BCUT2D eigenvalue weighted by atomic mass is 9.86. The number of Topliss-reactive ketones (excluding diaryl/α,β-unsaturated/α-hetero) is 2. The Balaban J connectivity index is 5.24. The second-order valence-corrected chi connectivity index (χ2v) is 13.6. The molecule has 0 radical (unpaired) electrons. The van der Waals surface area contributed by atoms with Crippen molar-refractivity contribution in [3.8, 4) is 0 Å². The van der Waals surface area contributed by atoms with E-state index in [1.807, 2.05) is 21.1 Å². The van der Waals surface area contributed by atoms with Crippen LogP contribution in [-0.4, -0.2) is 60.8 Å². The van der Waals surface area contributed by atoms with Gasteiger partial charge in [-0.15, -0.1) is 0 Å². The first-order valence-corrected chi connectivity index (χ1v) is 17.5. The van der Waals surface area contributed by atoms with Crippen molar-refractivity contribution < 1.29 is 32.6 Å². The fourth-order valence-corrected chi connectivity index (χ4v) is 6.15. The Hall–Kier alpha value is -0.590. The molecule has 1 unspecified atom stereocenters. The van der Waals surface area contributed by atoms with Gasteiger partial charge in [0.2, 0.25) is 5.60 Å². The van der Waals surface area contributed by atoms with Crippen LogP contribution in [0.15, 0.2) is 0 Å². The van der Waals surface area contributed by atoms with Crippen LogP contribution in [0.4, 0.5) is 0 Å². The average Bonchev–Trinajstić information content (AvgIpc) is 2.84. The summed E-state index contributed by atoms with van der Waals surface area (Å²) in [5.74, 6) is -0.790. The summed E-state index contributed by atoms with van der Waals surface area (Å²) >= 11 is 0. The van der Waals surface area contributed by atoms with E-state index in [1.54, 1.807) is 6.92 Å². The van der Waals surface area contributed by atoms with Crippen molar-refractivity contribution in [2.75, 3.05) is 34.3 Å². The number of ketones is 2. The molecule has 7 nitrogen and oxygen atoms in total. The third kappa shape index (κ3) is 19.2. The SMILES string of the molecule is CCCCCCCCCCCC(=O)C(C[N+](C)(C)C)(OP(=O)(O)OCC)C(=O)CCCCCCCCCCC. The molecule has 0 aromatic carbocycles. The molecule has 0 aromatic rings. The summed E-state index contributed by atoms with van der Waals surface area (Å²) in [5, 5.41) is 0. The highest BCUT2D eigenvalue weighted by Gasteiger charge is 2.54. The minimum Gasteiger partial charge on any atom is -0.328 e. The summed E-state index contributed by atoms with van der Waals surface area (Å²) in [6.07, 6.45) is 20.3. The van der Waals surface area contributed by atoms with Crippen LogP contribution in [0.5, 0.6) is 0 Å². The summed E-state index contributed by atoms with van der Waals surface area (Å²) in [6, 6.07) is 0. The third-order valence-electron chi connectivity index (χ3n) is 7.18. The van der Waals surface area contributed by atoms with Gasteiger partial charge in [0.1, 0.15) is 6.54 Å². The molecule has 0 saturated carbocycles. The normalized spacial score (nSPS) is 13.9. The molecular weight excluding hydrogens is 513 g/mol. The predicted molar refractivity (Wildman–Crippen MR) is 162 cm³/mol. The van der Waals surface area contributed by atoms with Crippen LogP contribution in [0.2, 0.25) is 0 Å². The number of carbonyl (C=O) groups excluding carboxylic acids is 2. The first-order chi connectivity index (χ1) is 18.4. The maximum atomic E-state index is 13.7. The Bertz CT molecular complexity index is 657. The molecular formula is C31H63NO6P+. The fourth-order valence-electron chi connectivity index (χ4n) is 5.11. The Kier molecular flexibility index (Phi) is 21.7. The predicted octanol–water partition coefficient (Wildman–Crippen LogP) is 8.56. The van der Waals surface area contributed by atoms with E-state index in [9.17, 15) is 19.0 Å². The largest absolute Gasteiger partial charge is 0.473 e. The monoisotopic (exact) mass is 576 g/mol. The fraction of sp³-hybridized carbons (Fsp3) is 0.935. The Morgan fingerprint density at radius 3 is 1.28 bits per heavy atom. The van der Waals surface area contributed by atoms with Crippen LogP contribution in [0.3, 0.4) is 0 Å². The number of likely N-dealkylation sites (N-methyl/N-ethyl adjacent to an activating group) is 1. The van der Waals surface area contributed by atoms with Crippen LogP contribution in [0.25, 0.3) is 0 Å². The second kappa shape index (κ2) is 22.1. The Morgan fingerprint density at radius 2 is 0.974 bits per heavy atom. The summed E-state index contributed by atoms with van der Waals surface area (Å²) in [7, 11) is 0.993. The zero-order chi connectivity index (χ0) is 29.6. The number of phosphoric acid groups is 1. The number of nitrogens with zero attached hydrogens (tertiary/aromatic N) is 1. The molecule has 0 aromatic heterocycles. The van der Waals surface area contributed by atoms with E-state index < -0.39 is 25.0 Å². The van der Waals surface area contributed by atoms with Crippen molar-refractivity contribution in [3.63, 3.8) is 0 Å². The van der Waals surface area contributed by atoms with E-state index in [1.165, 1.54) is 64.2 Å². The van der Waals surface area contributed by atoms with Gasteiger partial charge in [-0.2, -0.15) is 0 Å². The van der Waals surface area contributed by atoms with Crippen LogP contribution in [-0.2, 0) is 23.2 Å². The topological polar surface area (TPSA) is 89.9 Å². The maximum absolute atomic E-state index is 13.7. The molecule has 0 aliphatic rings. The number of phosphoric ester groups is 1. The van der Waals surface area contributed by atoms with Gasteiger partial charge >= 0.3 is 7.82 Å². The molecule has 0 heterocycles. The smallest absolute Gasteiger partial charge is 0.328 e. The number of carbonyl (C=O) groups is 2. The van der Waals surface area contributed by atoms with E-state index in [0.717, 1.165) is 38.5 Å². The number of rotatable bonds is 28. The number of unbranched alkanes of at least 4 members (excludes halogenated alkanes) is 16. The first-order valence-electron chi connectivity index (χ1n) is 16.0. The molecule has 0 rings (SSSR count). The molecule has 0 aliphatic carbocycles. The van der Waals surface area contributed by atoms with E-state index in [4.69, 9.17) is 9.05 Å². The van der Waals surface area contributed by atoms with Crippen molar-refractivity contribution in [2.45, 2.75) is 155 Å². The minimum absolute atomic E-state index is 0.00283. The first kappa shape index (κ1) is 38.4. The lowest BCUT2D eigenvalue weighted by Gasteiger charge is -2.37. The summed E-state index contributed by atoms with van der Waals surface area (Å²) in [5.41, 5.74) is -1.97. The molecule has 232 valence electrons. The van der Waals surface area contributed by atoms with Crippen LogP contribution < -0.4 is 0 Å². The highest BCUT2D eigenvalue weighted by molar-refractivity contribution is 7.47. The number of hydrogen-bond acceptors (Lipinski definition) is 5. The van der Waals surface area contributed by atoms with E-state index in [-0.39, 0.29) is 30.5 Å². The Morgan fingerprint density at radius 1 is 0.641 bits per heavy atom. The molecule has 39 heavy (non-hydrogen) atoms. The molecule has 0 spiro atoms.